The molecule has 2 N–H and O–H groups in total. The lowest BCUT2D eigenvalue weighted by Crippen LogP contribution is -2.23. The maximum absolute atomic E-state index is 12.7. The van der Waals surface area contributed by atoms with E-state index >= 15 is 0 Å². The summed E-state index contributed by atoms with van der Waals surface area (Å²) in [7, 11) is 1.64. The minimum atomic E-state index is -0.298. The third-order valence-corrected chi connectivity index (χ3v) is 6.19. The molecule has 0 saturated carbocycles. The van der Waals surface area contributed by atoms with Crippen LogP contribution in [0.25, 0.3) is 21.3 Å². The summed E-state index contributed by atoms with van der Waals surface area (Å²) in [5.41, 5.74) is 2.00. The summed E-state index contributed by atoms with van der Waals surface area (Å²) < 4.78 is 7.50. The van der Waals surface area contributed by atoms with E-state index in [4.69, 9.17) is 4.74 Å². The third kappa shape index (κ3) is 3.94. The fourth-order valence-electron chi connectivity index (χ4n) is 3.38. The van der Waals surface area contributed by atoms with Crippen molar-refractivity contribution in [1.82, 2.24) is 19.9 Å². The van der Waals surface area contributed by atoms with E-state index in [2.05, 4.69) is 15.3 Å². The molecule has 0 aromatic carbocycles. The second-order valence-corrected chi connectivity index (χ2v) is 8.48. The number of aromatic nitrogens is 3. The Morgan fingerprint density at radius 1 is 1.28 bits per heavy atom. The van der Waals surface area contributed by atoms with E-state index in [-0.39, 0.29) is 22.9 Å². The van der Waals surface area contributed by atoms with E-state index < -0.39 is 0 Å². The van der Waals surface area contributed by atoms with Crippen molar-refractivity contribution < 1.29 is 14.3 Å². The third-order valence-electron chi connectivity index (χ3n) is 4.94. The van der Waals surface area contributed by atoms with Crippen LogP contribution in [0.1, 0.15) is 39.6 Å². The Labute approximate surface area is 187 Å². The normalized spacial score (nSPS) is 11.0. The molecule has 0 fully saturated rings. The second kappa shape index (κ2) is 8.43. The van der Waals surface area contributed by atoms with Crippen molar-refractivity contribution in [3.05, 3.63) is 63.1 Å². The summed E-state index contributed by atoms with van der Waals surface area (Å²) >= 11 is 1.27. The van der Waals surface area contributed by atoms with Crippen LogP contribution in [0, 0.1) is 6.92 Å². The van der Waals surface area contributed by atoms with Gasteiger partial charge in [0, 0.05) is 49.1 Å². The van der Waals surface area contributed by atoms with Gasteiger partial charge in [0.2, 0.25) is 5.88 Å². The number of rotatable bonds is 6. The van der Waals surface area contributed by atoms with E-state index in [0.717, 1.165) is 5.56 Å². The van der Waals surface area contributed by atoms with Crippen molar-refractivity contribution in [2.75, 3.05) is 6.54 Å². The van der Waals surface area contributed by atoms with Crippen LogP contribution in [-0.4, -0.2) is 32.8 Å². The quantitative estimate of drug-likeness (QED) is 0.431. The first-order chi connectivity index (χ1) is 15.3. The van der Waals surface area contributed by atoms with Crippen LogP contribution in [0.3, 0.4) is 0 Å². The van der Waals surface area contributed by atoms with Crippen LogP contribution in [0.2, 0.25) is 0 Å². The molecule has 8 nitrogen and oxygen atoms in total. The van der Waals surface area contributed by atoms with Crippen molar-refractivity contribution in [1.29, 1.82) is 0 Å². The number of H-pyrrole nitrogens is 1. The van der Waals surface area contributed by atoms with Gasteiger partial charge in [-0.1, -0.05) is 0 Å². The lowest BCUT2D eigenvalue weighted by molar-refractivity contribution is 0.0950. The minimum Gasteiger partial charge on any atom is -0.437 e. The minimum absolute atomic E-state index is 0.0959. The molecule has 0 spiro atoms. The number of carbonyl (C=O) groups excluding carboxylic acids is 2. The van der Waals surface area contributed by atoms with Gasteiger partial charge < -0.3 is 19.6 Å². The fraction of sp³-hybridized carbons (Fsp3) is 0.217. The zero-order chi connectivity index (χ0) is 23.0. The fourth-order valence-corrected chi connectivity index (χ4v) is 4.38. The van der Waals surface area contributed by atoms with E-state index in [9.17, 15) is 14.4 Å². The van der Waals surface area contributed by atoms with Crippen molar-refractivity contribution in [3.63, 3.8) is 0 Å². The number of nitrogens with zero attached hydrogens (tertiary/aromatic N) is 2. The number of thiophene rings is 1. The Kier molecular flexibility index (Phi) is 5.67. The zero-order valence-corrected chi connectivity index (χ0v) is 18.9. The van der Waals surface area contributed by atoms with Gasteiger partial charge in [0.1, 0.15) is 17.0 Å². The second-order valence-electron chi connectivity index (χ2n) is 7.42. The van der Waals surface area contributed by atoms with Crippen LogP contribution >= 0.6 is 11.3 Å². The number of pyridine rings is 2. The highest BCUT2D eigenvalue weighted by atomic mass is 32.1. The van der Waals surface area contributed by atoms with Gasteiger partial charge in [-0.25, -0.2) is 4.98 Å². The lowest BCUT2D eigenvalue weighted by Gasteiger charge is -2.09. The SMILES string of the molecule is CCNC(=O)c1cc2c(-c3sc(C(C)=O)cc3Oc3cc(C)ccn3)cn(C)c(=O)c2[nH]1. The average molecular weight is 451 g/mol. The van der Waals surface area contributed by atoms with Crippen molar-refractivity contribution in [3.8, 4) is 22.1 Å². The van der Waals surface area contributed by atoms with Crippen LogP contribution in [-0.2, 0) is 7.05 Å². The molecule has 4 rings (SSSR count). The van der Waals surface area contributed by atoms with Crippen LogP contribution in [0.5, 0.6) is 11.6 Å². The Bertz CT molecular complexity index is 1410. The molecule has 32 heavy (non-hydrogen) atoms. The van der Waals surface area contributed by atoms with Gasteiger partial charge in [-0.05, 0) is 38.5 Å². The van der Waals surface area contributed by atoms with Gasteiger partial charge >= 0.3 is 0 Å². The highest BCUT2D eigenvalue weighted by molar-refractivity contribution is 7.18. The van der Waals surface area contributed by atoms with Crippen molar-refractivity contribution in [2.45, 2.75) is 20.8 Å². The van der Waals surface area contributed by atoms with Crippen LogP contribution in [0.15, 0.2) is 41.5 Å². The molecule has 0 bridgehead atoms. The van der Waals surface area contributed by atoms with Gasteiger partial charge in [0.25, 0.3) is 11.5 Å². The topological polar surface area (TPSA) is 106 Å². The molecule has 4 aromatic rings. The van der Waals surface area contributed by atoms with Gasteiger partial charge in [0.05, 0.1) is 9.75 Å². The number of hydrogen-bond donors (Lipinski definition) is 2. The maximum atomic E-state index is 12.7. The summed E-state index contributed by atoms with van der Waals surface area (Å²) in [4.78, 5) is 45.6. The number of carbonyl (C=O) groups is 2. The van der Waals surface area contributed by atoms with Gasteiger partial charge in [-0.3, -0.25) is 14.4 Å². The predicted octanol–water partition coefficient (Wildman–Crippen LogP) is 4.04. The molecule has 0 radical (unpaired) electrons. The van der Waals surface area contributed by atoms with E-state index in [0.29, 0.717) is 44.4 Å². The van der Waals surface area contributed by atoms with Gasteiger partial charge in [0.15, 0.2) is 5.78 Å². The number of fused-ring (bicyclic) bond motifs is 1. The van der Waals surface area contributed by atoms with Crippen LogP contribution < -0.4 is 15.6 Å². The predicted molar refractivity (Wildman–Crippen MR) is 124 cm³/mol. The molecule has 0 aliphatic heterocycles. The molecule has 4 heterocycles. The Balaban J connectivity index is 1.93. The molecule has 1 amide bonds. The highest BCUT2D eigenvalue weighted by Crippen LogP contribution is 2.43. The number of ether oxygens (including phenoxy) is 1. The Morgan fingerprint density at radius 2 is 2.06 bits per heavy atom. The summed E-state index contributed by atoms with van der Waals surface area (Å²) in [6.45, 7) is 5.71. The van der Waals surface area contributed by atoms with Crippen molar-refractivity contribution >= 4 is 33.9 Å². The van der Waals surface area contributed by atoms with E-state index in [1.165, 1.54) is 22.8 Å². The number of nitrogens with one attached hydrogen (secondary N) is 2. The number of Topliss-reactive ketones (excluding diaryl/α,β-unsaturated/α-hetero) is 1. The number of aryl methyl sites for hydroxylation is 2. The van der Waals surface area contributed by atoms with E-state index in [1.54, 1.807) is 37.6 Å². The Morgan fingerprint density at radius 3 is 2.75 bits per heavy atom. The molecule has 0 aliphatic carbocycles. The maximum Gasteiger partial charge on any atom is 0.274 e. The molecule has 0 unspecified atom stereocenters. The number of ketones is 1. The zero-order valence-electron chi connectivity index (χ0n) is 18.1. The average Bonchev–Trinajstić information content (AvgIpc) is 3.36. The first-order valence-corrected chi connectivity index (χ1v) is 10.9. The molecular weight excluding hydrogens is 428 g/mol. The summed E-state index contributed by atoms with van der Waals surface area (Å²) in [5.74, 6) is 0.463. The molecule has 4 aromatic heterocycles. The first-order valence-electron chi connectivity index (χ1n) is 10.0. The molecule has 9 heteroatoms. The van der Waals surface area contributed by atoms with Crippen LogP contribution in [0.4, 0.5) is 0 Å². The molecule has 0 aliphatic rings. The number of hydrogen-bond acceptors (Lipinski definition) is 6. The Hall–Kier alpha value is -3.72. The molecular formula is C23H22N4O4S. The number of amides is 1. The monoisotopic (exact) mass is 450 g/mol. The summed E-state index contributed by atoms with van der Waals surface area (Å²) in [5, 5.41) is 3.31. The highest BCUT2D eigenvalue weighted by Gasteiger charge is 2.22. The molecule has 164 valence electrons. The largest absolute Gasteiger partial charge is 0.437 e. The van der Waals surface area contributed by atoms with Crippen molar-refractivity contribution in [2.24, 2.45) is 7.05 Å². The molecule has 0 saturated heterocycles. The smallest absolute Gasteiger partial charge is 0.274 e. The van der Waals surface area contributed by atoms with Gasteiger partial charge in [-0.2, -0.15) is 0 Å². The lowest BCUT2D eigenvalue weighted by atomic mass is 10.1. The summed E-state index contributed by atoms with van der Waals surface area (Å²) in [6.07, 6.45) is 3.34. The van der Waals surface area contributed by atoms with Gasteiger partial charge in [-0.15, -0.1) is 11.3 Å². The van der Waals surface area contributed by atoms with E-state index in [1.807, 2.05) is 19.9 Å². The molecule has 0 atom stereocenters. The number of aromatic amines is 1. The first kappa shape index (κ1) is 21.5. The summed E-state index contributed by atoms with van der Waals surface area (Å²) in [6, 6.07) is 7.00. The standard InChI is InChI=1S/C23H22N4O4S/c1-5-24-22(29)16-9-14-15(11-27(4)23(30)20(14)26-16)21-17(10-18(32-21)13(3)28)31-19-8-12(2)6-7-25-19/h6-11,26H,5H2,1-4H3,(H,24,29).